The van der Waals surface area contributed by atoms with Crippen molar-refractivity contribution < 1.29 is 18.0 Å². The fourth-order valence-electron chi connectivity index (χ4n) is 3.84. The first kappa shape index (κ1) is 22.0. The topological polar surface area (TPSA) is 63.1 Å². The van der Waals surface area contributed by atoms with Gasteiger partial charge in [0.05, 0.1) is 18.5 Å². The van der Waals surface area contributed by atoms with E-state index >= 15 is 0 Å². The highest BCUT2D eigenvalue weighted by molar-refractivity contribution is 5.78. The standard InChI is InChI=1S/C23H24F3N5O/c24-23(25,26)19-8-4-7-18(13-19)16-30-10-9-20-28-29-21(31(20)12-11-30)15-27-22(32)14-17-5-2-1-3-6-17/h1-8,13H,9-12,14-16H2,(H,27,32). The molecule has 168 valence electrons. The summed E-state index contributed by atoms with van der Waals surface area (Å²) in [5.41, 5.74) is 0.941. The minimum absolute atomic E-state index is 0.0895. The lowest BCUT2D eigenvalue weighted by atomic mass is 10.1. The number of benzene rings is 2. The monoisotopic (exact) mass is 443 g/mol. The summed E-state index contributed by atoms with van der Waals surface area (Å²) in [6, 6.07) is 15.0. The van der Waals surface area contributed by atoms with Crippen LogP contribution in [0.2, 0.25) is 0 Å². The molecule has 2 aromatic carbocycles. The van der Waals surface area contributed by atoms with Crippen LogP contribution in [-0.4, -0.2) is 38.7 Å². The molecule has 1 N–H and O–H groups in total. The van der Waals surface area contributed by atoms with Gasteiger partial charge in [-0.05, 0) is 17.2 Å². The van der Waals surface area contributed by atoms with Crippen molar-refractivity contribution in [2.45, 2.75) is 38.7 Å². The molecular weight excluding hydrogens is 419 g/mol. The molecule has 0 atom stereocenters. The second-order valence-corrected chi connectivity index (χ2v) is 7.85. The van der Waals surface area contributed by atoms with Crippen LogP contribution >= 0.6 is 0 Å². The minimum atomic E-state index is -4.34. The Kier molecular flexibility index (Phi) is 6.55. The average Bonchev–Trinajstić information content (AvgIpc) is 3.05. The Morgan fingerprint density at radius 1 is 0.969 bits per heavy atom. The quantitative estimate of drug-likeness (QED) is 0.636. The third kappa shape index (κ3) is 5.53. The summed E-state index contributed by atoms with van der Waals surface area (Å²) < 4.78 is 40.9. The number of hydrogen-bond donors (Lipinski definition) is 1. The van der Waals surface area contributed by atoms with Crippen molar-refractivity contribution in [2.75, 3.05) is 13.1 Å². The maximum Gasteiger partial charge on any atom is 0.416 e. The number of hydrogen-bond acceptors (Lipinski definition) is 4. The molecule has 0 bridgehead atoms. The second-order valence-electron chi connectivity index (χ2n) is 7.85. The van der Waals surface area contributed by atoms with Crippen molar-refractivity contribution >= 4 is 5.91 Å². The van der Waals surface area contributed by atoms with Crippen LogP contribution in [0.4, 0.5) is 13.2 Å². The van der Waals surface area contributed by atoms with Gasteiger partial charge in [0.25, 0.3) is 0 Å². The molecule has 0 radical (unpaired) electrons. The molecule has 2 heterocycles. The van der Waals surface area contributed by atoms with Gasteiger partial charge in [0.15, 0.2) is 5.82 Å². The van der Waals surface area contributed by atoms with Crippen LogP contribution in [0.5, 0.6) is 0 Å². The zero-order valence-electron chi connectivity index (χ0n) is 17.5. The number of fused-ring (bicyclic) bond motifs is 1. The van der Waals surface area contributed by atoms with Gasteiger partial charge in [-0.2, -0.15) is 13.2 Å². The number of carbonyl (C=O) groups is 1. The van der Waals surface area contributed by atoms with Crippen LogP contribution in [0.15, 0.2) is 54.6 Å². The zero-order valence-corrected chi connectivity index (χ0v) is 17.5. The number of nitrogens with zero attached hydrogens (tertiary/aromatic N) is 4. The minimum Gasteiger partial charge on any atom is -0.349 e. The highest BCUT2D eigenvalue weighted by Gasteiger charge is 2.30. The van der Waals surface area contributed by atoms with Gasteiger partial charge in [-0.1, -0.05) is 48.5 Å². The fourth-order valence-corrected chi connectivity index (χ4v) is 3.84. The highest BCUT2D eigenvalue weighted by atomic mass is 19.4. The fraction of sp³-hybridized carbons (Fsp3) is 0.348. The van der Waals surface area contributed by atoms with E-state index in [1.807, 2.05) is 34.9 Å². The Labute approximate surface area is 184 Å². The number of rotatable bonds is 6. The number of nitrogens with one attached hydrogen (secondary N) is 1. The predicted octanol–water partition coefficient (Wildman–Crippen LogP) is 3.21. The molecular formula is C23H24F3N5O. The van der Waals surface area contributed by atoms with Crippen molar-refractivity contribution in [3.63, 3.8) is 0 Å². The summed E-state index contributed by atoms with van der Waals surface area (Å²) in [4.78, 5) is 14.4. The lowest BCUT2D eigenvalue weighted by molar-refractivity contribution is -0.137. The number of halogens is 3. The zero-order chi connectivity index (χ0) is 22.6. The van der Waals surface area contributed by atoms with E-state index in [0.717, 1.165) is 17.5 Å². The molecule has 0 saturated heterocycles. The van der Waals surface area contributed by atoms with Gasteiger partial charge >= 0.3 is 6.18 Å². The van der Waals surface area contributed by atoms with E-state index in [1.54, 1.807) is 6.07 Å². The van der Waals surface area contributed by atoms with Crippen molar-refractivity contribution in [2.24, 2.45) is 0 Å². The summed E-state index contributed by atoms with van der Waals surface area (Å²) in [6.07, 6.45) is -3.40. The Bertz CT molecular complexity index is 1060. The highest BCUT2D eigenvalue weighted by Crippen LogP contribution is 2.29. The summed E-state index contributed by atoms with van der Waals surface area (Å²) in [5.74, 6) is 1.42. The first-order valence-corrected chi connectivity index (χ1v) is 10.5. The smallest absolute Gasteiger partial charge is 0.349 e. The number of carbonyl (C=O) groups excluding carboxylic acids is 1. The first-order chi connectivity index (χ1) is 15.4. The summed E-state index contributed by atoms with van der Waals surface area (Å²) in [6.45, 7) is 2.67. The van der Waals surface area contributed by atoms with Crippen LogP contribution in [0.25, 0.3) is 0 Å². The summed E-state index contributed by atoms with van der Waals surface area (Å²) in [5, 5.41) is 11.4. The van der Waals surface area contributed by atoms with Gasteiger partial charge in [-0.25, -0.2) is 0 Å². The molecule has 1 amide bonds. The van der Waals surface area contributed by atoms with E-state index in [1.165, 1.54) is 12.1 Å². The van der Waals surface area contributed by atoms with Gasteiger partial charge < -0.3 is 9.88 Å². The molecule has 0 fully saturated rings. The van der Waals surface area contributed by atoms with Crippen LogP contribution in [0.1, 0.15) is 28.3 Å². The average molecular weight is 443 g/mol. The van der Waals surface area contributed by atoms with Crippen molar-refractivity contribution in [3.05, 3.63) is 82.9 Å². The molecule has 32 heavy (non-hydrogen) atoms. The van der Waals surface area contributed by atoms with Crippen molar-refractivity contribution in [1.82, 2.24) is 25.0 Å². The number of amides is 1. The molecule has 9 heteroatoms. The van der Waals surface area contributed by atoms with Crippen LogP contribution in [0, 0.1) is 0 Å². The van der Waals surface area contributed by atoms with Gasteiger partial charge in [-0.15, -0.1) is 10.2 Å². The summed E-state index contributed by atoms with van der Waals surface area (Å²) >= 11 is 0. The van der Waals surface area contributed by atoms with Crippen molar-refractivity contribution in [3.8, 4) is 0 Å². The molecule has 0 spiro atoms. The van der Waals surface area contributed by atoms with Crippen LogP contribution < -0.4 is 5.32 Å². The van der Waals surface area contributed by atoms with E-state index in [4.69, 9.17) is 0 Å². The third-order valence-electron chi connectivity index (χ3n) is 5.51. The van der Waals surface area contributed by atoms with Gasteiger partial charge in [0, 0.05) is 32.6 Å². The van der Waals surface area contributed by atoms with E-state index in [9.17, 15) is 18.0 Å². The largest absolute Gasteiger partial charge is 0.416 e. The molecule has 3 aromatic rings. The molecule has 1 aromatic heterocycles. The van der Waals surface area contributed by atoms with E-state index < -0.39 is 11.7 Å². The maximum atomic E-state index is 13.0. The maximum absolute atomic E-state index is 13.0. The Hall–Kier alpha value is -3.20. The Morgan fingerprint density at radius 2 is 1.75 bits per heavy atom. The Balaban J connectivity index is 1.34. The second kappa shape index (κ2) is 9.52. The van der Waals surface area contributed by atoms with Crippen LogP contribution in [0.3, 0.4) is 0 Å². The molecule has 0 unspecified atom stereocenters. The molecule has 6 nitrogen and oxygen atoms in total. The van der Waals surface area contributed by atoms with Gasteiger partial charge in [0.1, 0.15) is 5.82 Å². The Morgan fingerprint density at radius 3 is 2.53 bits per heavy atom. The molecule has 4 rings (SSSR count). The molecule has 1 aliphatic heterocycles. The van der Waals surface area contributed by atoms with E-state index in [0.29, 0.717) is 50.4 Å². The lowest BCUT2D eigenvalue weighted by Gasteiger charge is -2.20. The normalized spacial score (nSPS) is 14.6. The van der Waals surface area contributed by atoms with E-state index in [2.05, 4.69) is 20.4 Å². The van der Waals surface area contributed by atoms with Gasteiger partial charge in [-0.3, -0.25) is 9.69 Å². The first-order valence-electron chi connectivity index (χ1n) is 10.5. The van der Waals surface area contributed by atoms with Crippen molar-refractivity contribution in [1.29, 1.82) is 0 Å². The number of alkyl halides is 3. The molecule has 1 aliphatic rings. The molecule has 0 aliphatic carbocycles. The molecule has 0 saturated carbocycles. The lowest BCUT2D eigenvalue weighted by Crippen LogP contribution is -2.28. The SMILES string of the molecule is O=C(Cc1ccccc1)NCc1nnc2n1CCN(Cc1cccc(C(F)(F)F)c1)CC2. The van der Waals surface area contributed by atoms with Gasteiger partial charge in [0.2, 0.25) is 5.91 Å². The predicted molar refractivity (Wildman–Crippen MR) is 112 cm³/mol. The van der Waals surface area contributed by atoms with E-state index in [-0.39, 0.29) is 12.5 Å². The number of aromatic nitrogens is 3. The summed E-state index contributed by atoms with van der Waals surface area (Å²) in [7, 11) is 0. The van der Waals surface area contributed by atoms with Crippen LogP contribution in [-0.2, 0) is 43.4 Å². The third-order valence-corrected chi connectivity index (χ3v) is 5.51.